The van der Waals surface area contributed by atoms with Crippen molar-refractivity contribution in [1.29, 1.82) is 0 Å². The molecule has 0 spiro atoms. The highest BCUT2D eigenvalue weighted by atomic mass is 32.1. The van der Waals surface area contributed by atoms with E-state index in [0.717, 1.165) is 45.2 Å². The summed E-state index contributed by atoms with van der Waals surface area (Å²) in [5, 5.41) is 5.99. The van der Waals surface area contributed by atoms with Crippen LogP contribution in [0.15, 0.2) is 65.1 Å². The predicted octanol–water partition coefficient (Wildman–Crippen LogP) is 4.93. The third kappa shape index (κ3) is 3.88. The van der Waals surface area contributed by atoms with Crippen LogP contribution in [0.3, 0.4) is 0 Å². The number of nitrogens with one attached hydrogen (secondary N) is 2. The second-order valence-corrected chi connectivity index (χ2v) is 7.83. The summed E-state index contributed by atoms with van der Waals surface area (Å²) in [5.41, 5.74) is 5.94. The standard InChI is InChI=1S/C22H15N5O2S2/c1-12-6-7-14(21-23-16-4-2-3-5-19(16)29-21)11-17(12)24-22(30)25-20(28)13-8-9-15-18(10-13)27-31-26-15/h2-11H,1H3,(H2,24,25,28,30). The Balaban J connectivity index is 1.34. The number of fused-ring (bicyclic) bond motifs is 2. The number of benzene rings is 3. The molecule has 0 aliphatic heterocycles. The van der Waals surface area contributed by atoms with Gasteiger partial charge in [0, 0.05) is 16.8 Å². The number of aromatic nitrogens is 3. The molecule has 2 aromatic heterocycles. The van der Waals surface area contributed by atoms with Crippen molar-refractivity contribution in [2.75, 3.05) is 5.32 Å². The highest BCUT2D eigenvalue weighted by molar-refractivity contribution is 7.80. The van der Waals surface area contributed by atoms with Crippen LogP contribution < -0.4 is 10.6 Å². The summed E-state index contributed by atoms with van der Waals surface area (Å²) in [4.78, 5) is 17.1. The molecule has 7 nitrogen and oxygen atoms in total. The average molecular weight is 446 g/mol. The summed E-state index contributed by atoms with van der Waals surface area (Å²) in [5.74, 6) is 0.199. The molecule has 0 radical (unpaired) electrons. The van der Waals surface area contributed by atoms with E-state index >= 15 is 0 Å². The molecule has 5 rings (SSSR count). The lowest BCUT2D eigenvalue weighted by Gasteiger charge is -2.12. The molecule has 5 aromatic rings. The smallest absolute Gasteiger partial charge is 0.257 e. The van der Waals surface area contributed by atoms with Gasteiger partial charge in [-0.2, -0.15) is 8.75 Å². The largest absolute Gasteiger partial charge is 0.436 e. The molecule has 0 aliphatic rings. The first-order valence-corrected chi connectivity index (χ1v) is 10.5. The Labute approximate surface area is 186 Å². The lowest BCUT2D eigenvalue weighted by molar-refractivity contribution is 0.0978. The molecule has 0 saturated carbocycles. The maximum Gasteiger partial charge on any atom is 0.257 e. The van der Waals surface area contributed by atoms with Gasteiger partial charge in [-0.15, -0.1) is 0 Å². The van der Waals surface area contributed by atoms with E-state index in [1.54, 1.807) is 18.2 Å². The van der Waals surface area contributed by atoms with Crippen LogP contribution in [0.25, 0.3) is 33.6 Å². The van der Waals surface area contributed by atoms with Crippen LogP contribution in [0, 0.1) is 6.92 Å². The molecule has 2 heterocycles. The molecule has 0 bridgehead atoms. The van der Waals surface area contributed by atoms with Gasteiger partial charge in [-0.25, -0.2) is 4.98 Å². The molecule has 0 fully saturated rings. The highest BCUT2D eigenvalue weighted by Gasteiger charge is 2.13. The summed E-state index contributed by atoms with van der Waals surface area (Å²) >= 11 is 6.46. The number of amides is 1. The molecule has 31 heavy (non-hydrogen) atoms. The highest BCUT2D eigenvalue weighted by Crippen LogP contribution is 2.28. The Morgan fingerprint density at radius 2 is 1.84 bits per heavy atom. The molecule has 3 aromatic carbocycles. The van der Waals surface area contributed by atoms with Crippen LogP contribution in [0.1, 0.15) is 15.9 Å². The topological polar surface area (TPSA) is 92.9 Å². The van der Waals surface area contributed by atoms with E-state index in [-0.39, 0.29) is 11.0 Å². The fourth-order valence-corrected chi connectivity index (χ4v) is 3.86. The number of carbonyl (C=O) groups excluding carboxylic acids is 1. The number of hydrogen-bond acceptors (Lipinski definition) is 7. The number of aryl methyl sites for hydroxylation is 1. The molecule has 9 heteroatoms. The summed E-state index contributed by atoms with van der Waals surface area (Å²) in [6.07, 6.45) is 0. The number of para-hydroxylation sites is 2. The predicted molar refractivity (Wildman–Crippen MR) is 125 cm³/mol. The summed E-state index contributed by atoms with van der Waals surface area (Å²) in [6, 6.07) is 18.5. The molecule has 0 saturated heterocycles. The van der Waals surface area contributed by atoms with E-state index in [1.807, 2.05) is 49.4 Å². The van der Waals surface area contributed by atoms with Crippen LogP contribution in [-0.2, 0) is 0 Å². The van der Waals surface area contributed by atoms with Crippen LogP contribution in [-0.4, -0.2) is 24.8 Å². The maximum absolute atomic E-state index is 12.6. The van der Waals surface area contributed by atoms with E-state index < -0.39 is 0 Å². The maximum atomic E-state index is 12.6. The van der Waals surface area contributed by atoms with Gasteiger partial charge in [0.1, 0.15) is 16.6 Å². The van der Waals surface area contributed by atoms with Crippen molar-refractivity contribution in [3.63, 3.8) is 0 Å². The van der Waals surface area contributed by atoms with Crippen molar-refractivity contribution < 1.29 is 9.21 Å². The SMILES string of the molecule is Cc1ccc(-c2nc3ccccc3o2)cc1NC(=S)NC(=O)c1ccc2nsnc2c1. The van der Waals surface area contributed by atoms with Crippen LogP contribution in [0.5, 0.6) is 0 Å². The second kappa shape index (κ2) is 7.86. The summed E-state index contributed by atoms with van der Waals surface area (Å²) in [6.45, 7) is 1.95. The van der Waals surface area contributed by atoms with Gasteiger partial charge in [-0.1, -0.05) is 18.2 Å². The Bertz CT molecular complexity index is 1420. The van der Waals surface area contributed by atoms with E-state index in [2.05, 4.69) is 24.4 Å². The van der Waals surface area contributed by atoms with Crippen LogP contribution in [0.4, 0.5) is 5.69 Å². The zero-order chi connectivity index (χ0) is 21.4. The molecule has 0 unspecified atom stereocenters. The fourth-order valence-electron chi connectivity index (χ4n) is 3.14. The van der Waals surface area contributed by atoms with E-state index in [4.69, 9.17) is 16.6 Å². The zero-order valence-electron chi connectivity index (χ0n) is 16.2. The number of oxazole rings is 1. The van der Waals surface area contributed by atoms with Crippen LogP contribution >= 0.6 is 23.9 Å². The molecule has 0 atom stereocenters. The average Bonchev–Trinajstić information content (AvgIpc) is 3.41. The monoisotopic (exact) mass is 445 g/mol. The van der Waals surface area contributed by atoms with Gasteiger partial charge >= 0.3 is 0 Å². The van der Waals surface area contributed by atoms with Gasteiger partial charge in [-0.05, 0) is 67.2 Å². The Kier molecular flexibility index (Phi) is 4.89. The lowest BCUT2D eigenvalue weighted by atomic mass is 10.1. The molecule has 2 N–H and O–H groups in total. The van der Waals surface area contributed by atoms with Gasteiger partial charge < -0.3 is 9.73 Å². The summed E-state index contributed by atoms with van der Waals surface area (Å²) in [7, 11) is 0. The first-order chi connectivity index (χ1) is 15.1. The van der Waals surface area contributed by atoms with Gasteiger partial charge in [-0.3, -0.25) is 10.1 Å². The lowest BCUT2D eigenvalue weighted by Crippen LogP contribution is -2.34. The number of thiocarbonyl (C=S) groups is 1. The van der Waals surface area contributed by atoms with Crippen molar-refractivity contribution in [2.45, 2.75) is 6.92 Å². The van der Waals surface area contributed by atoms with Crippen molar-refractivity contribution in [3.8, 4) is 11.5 Å². The van der Waals surface area contributed by atoms with Crippen molar-refractivity contribution in [2.24, 2.45) is 0 Å². The normalized spacial score (nSPS) is 11.0. The zero-order valence-corrected chi connectivity index (χ0v) is 17.9. The number of anilines is 1. The van der Waals surface area contributed by atoms with Gasteiger partial charge in [0.05, 0.1) is 11.7 Å². The van der Waals surface area contributed by atoms with Gasteiger partial charge in [0.25, 0.3) is 5.91 Å². The first-order valence-electron chi connectivity index (χ1n) is 9.38. The second-order valence-electron chi connectivity index (χ2n) is 6.89. The molecular formula is C22H15N5O2S2. The third-order valence-corrected chi connectivity index (χ3v) is 5.53. The Morgan fingerprint density at radius 1 is 1.00 bits per heavy atom. The van der Waals surface area contributed by atoms with E-state index in [0.29, 0.717) is 17.0 Å². The van der Waals surface area contributed by atoms with Crippen molar-refractivity contribution in [3.05, 3.63) is 71.8 Å². The minimum Gasteiger partial charge on any atom is -0.436 e. The van der Waals surface area contributed by atoms with Crippen LogP contribution in [0.2, 0.25) is 0 Å². The number of hydrogen-bond donors (Lipinski definition) is 2. The van der Waals surface area contributed by atoms with E-state index in [9.17, 15) is 4.79 Å². The number of carbonyl (C=O) groups is 1. The minimum absolute atomic E-state index is 0.194. The molecule has 1 amide bonds. The Morgan fingerprint density at radius 3 is 2.71 bits per heavy atom. The van der Waals surface area contributed by atoms with Crippen molar-refractivity contribution in [1.82, 2.24) is 19.0 Å². The minimum atomic E-state index is -0.319. The van der Waals surface area contributed by atoms with Crippen molar-refractivity contribution >= 4 is 62.8 Å². The van der Waals surface area contributed by atoms with E-state index in [1.165, 1.54) is 0 Å². The quantitative estimate of drug-likeness (QED) is 0.380. The Hall–Kier alpha value is -3.69. The first kappa shape index (κ1) is 19.3. The third-order valence-electron chi connectivity index (χ3n) is 4.77. The number of rotatable bonds is 3. The fraction of sp³-hybridized carbons (Fsp3) is 0.0455. The number of nitrogens with zero attached hydrogens (tertiary/aromatic N) is 3. The van der Waals surface area contributed by atoms with Gasteiger partial charge in [0.2, 0.25) is 5.89 Å². The molecule has 0 aliphatic carbocycles. The van der Waals surface area contributed by atoms with Gasteiger partial charge in [0.15, 0.2) is 10.7 Å². The molecular weight excluding hydrogens is 430 g/mol. The summed E-state index contributed by atoms with van der Waals surface area (Å²) < 4.78 is 14.2. The molecule has 152 valence electrons.